The second-order valence-electron chi connectivity index (χ2n) is 3.50. The Hall–Kier alpha value is 0.426. The van der Waals surface area contributed by atoms with Gasteiger partial charge in [0.2, 0.25) is 0 Å². The second kappa shape index (κ2) is 10.9. The van der Waals surface area contributed by atoms with E-state index in [1.54, 1.807) is 0 Å². The molecule has 1 aromatic rings. The predicted molar refractivity (Wildman–Crippen MR) is 61.1 cm³/mol. The molecule has 0 N–H and O–H groups in total. The maximum absolute atomic E-state index is 5.51. The van der Waals surface area contributed by atoms with Crippen molar-refractivity contribution in [2.24, 2.45) is 0 Å². The fourth-order valence-electron chi connectivity index (χ4n) is 1.04. The summed E-state index contributed by atoms with van der Waals surface area (Å²) in [5, 5.41) is 0. The van der Waals surface area contributed by atoms with Crippen LogP contribution >= 0.6 is 0 Å². The Morgan fingerprint density at radius 2 is 1.73 bits per heavy atom. The van der Waals surface area contributed by atoms with Crippen molar-refractivity contribution in [1.29, 1.82) is 0 Å². The van der Waals surface area contributed by atoms with Crippen molar-refractivity contribution in [3.05, 3.63) is 41.8 Å². The molecule has 0 amide bonds. The van der Waals surface area contributed by atoms with E-state index in [0.29, 0.717) is 0 Å². The smallest absolute Gasteiger partial charge is 1.00 e. The molecule has 0 unspecified atom stereocenters. The molecule has 0 atom stereocenters. The molecule has 0 saturated carbocycles. The van der Waals surface area contributed by atoms with Gasteiger partial charge in [-0.15, -0.1) is 0 Å². The Morgan fingerprint density at radius 1 is 1.13 bits per heavy atom. The first kappa shape index (κ1) is 17.8. The van der Waals surface area contributed by atoms with Crippen LogP contribution in [0, 0.1) is 5.92 Å². The van der Waals surface area contributed by atoms with E-state index in [-0.39, 0.29) is 40.0 Å². The quantitative estimate of drug-likeness (QED) is 0.414. The molecule has 0 saturated heterocycles. The van der Waals surface area contributed by atoms with Crippen molar-refractivity contribution in [3.63, 3.8) is 0 Å². The van der Waals surface area contributed by atoms with Gasteiger partial charge in [0.05, 0.1) is 6.61 Å². The summed E-state index contributed by atoms with van der Waals surface area (Å²) in [7, 11) is 0. The summed E-state index contributed by atoms with van der Waals surface area (Å²) in [5.74, 6) is 1.42. The SMILES string of the molecule is C[C-](C)CCOCc1ccccc1.[Br-].[Mg+2]. The molecule has 0 aliphatic rings. The van der Waals surface area contributed by atoms with Gasteiger partial charge < -0.3 is 27.6 Å². The molecule has 0 aromatic heterocycles. The van der Waals surface area contributed by atoms with Crippen LogP contribution in [-0.4, -0.2) is 29.7 Å². The molecule has 1 nitrogen and oxygen atoms in total. The molecule has 15 heavy (non-hydrogen) atoms. The number of benzene rings is 1. The Morgan fingerprint density at radius 3 is 2.27 bits per heavy atom. The van der Waals surface area contributed by atoms with Crippen molar-refractivity contribution in [3.8, 4) is 0 Å². The van der Waals surface area contributed by atoms with Gasteiger partial charge in [0.15, 0.2) is 0 Å². The van der Waals surface area contributed by atoms with Crippen LogP contribution in [0.4, 0.5) is 0 Å². The summed E-state index contributed by atoms with van der Waals surface area (Å²) in [5.41, 5.74) is 1.25. The van der Waals surface area contributed by atoms with E-state index >= 15 is 0 Å². The van der Waals surface area contributed by atoms with Gasteiger partial charge in [0.1, 0.15) is 0 Å². The number of halogens is 1. The maximum Gasteiger partial charge on any atom is 2.00 e. The van der Waals surface area contributed by atoms with E-state index < -0.39 is 0 Å². The standard InChI is InChI=1S/C12H17O.BrH.Mg/c1-11(2)8-9-13-10-12-6-4-3-5-7-12;;/h3-7H,8-10H2,1-2H3;1H;/q-1;;+2/p-1. The molecule has 0 radical (unpaired) electrons. The molecule has 80 valence electrons. The molecule has 1 rings (SSSR count). The zero-order valence-electron chi connectivity index (χ0n) is 9.50. The molecule has 0 aliphatic carbocycles. The van der Waals surface area contributed by atoms with Gasteiger partial charge in [-0.25, -0.2) is 0 Å². The van der Waals surface area contributed by atoms with Gasteiger partial charge >= 0.3 is 23.1 Å². The molecule has 0 bridgehead atoms. The average Bonchev–Trinajstić information content (AvgIpc) is 2.14. The summed E-state index contributed by atoms with van der Waals surface area (Å²) in [4.78, 5) is 0. The van der Waals surface area contributed by atoms with Crippen LogP contribution < -0.4 is 17.0 Å². The molecule has 3 heteroatoms. The van der Waals surface area contributed by atoms with Crippen molar-refractivity contribution in [1.82, 2.24) is 0 Å². The normalized spacial score (nSPS) is 9.27. The van der Waals surface area contributed by atoms with E-state index in [1.165, 1.54) is 11.5 Å². The topological polar surface area (TPSA) is 9.23 Å². The van der Waals surface area contributed by atoms with E-state index in [2.05, 4.69) is 26.0 Å². The Labute approximate surface area is 120 Å². The number of hydrogen-bond donors (Lipinski definition) is 0. The Bertz CT molecular complexity index is 226. The molecule has 0 heterocycles. The van der Waals surface area contributed by atoms with Gasteiger partial charge in [0.25, 0.3) is 0 Å². The second-order valence-corrected chi connectivity index (χ2v) is 3.50. The minimum atomic E-state index is 0. The minimum absolute atomic E-state index is 0. The molecule has 0 aliphatic heterocycles. The molecular formula is C12H17BrMgO. The van der Waals surface area contributed by atoms with Gasteiger partial charge in [-0.3, -0.25) is 0 Å². The summed E-state index contributed by atoms with van der Waals surface area (Å²) in [6, 6.07) is 10.3. The summed E-state index contributed by atoms with van der Waals surface area (Å²) < 4.78 is 5.51. The largest absolute Gasteiger partial charge is 2.00 e. The molecule has 0 fully saturated rings. The first-order valence-electron chi connectivity index (χ1n) is 4.70. The predicted octanol–water partition coefficient (Wildman–Crippen LogP) is -0.169. The fourth-order valence-corrected chi connectivity index (χ4v) is 1.04. The molecule has 0 spiro atoms. The summed E-state index contributed by atoms with van der Waals surface area (Å²) in [6.45, 7) is 5.82. The van der Waals surface area contributed by atoms with E-state index in [0.717, 1.165) is 19.6 Å². The van der Waals surface area contributed by atoms with Crippen LogP contribution in [0.5, 0.6) is 0 Å². The van der Waals surface area contributed by atoms with Crippen LogP contribution in [0.15, 0.2) is 30.3 Å². The van der Waals surface area contributed by atoms with Crippen LogP contribution in [-0.2, 0) is 11.3 Å². The average molecular weight is 281 g/mol. The van der Waals surface area contributed by atoms with Gasteiger partial charge in [-0.1, -0.05) is 30.3 Å². The first-order chi connectivity index (χ1) is 6.29. The molecule has 1 aromatic carbocycles. The van der Waals surface area contributed by atoms with Crippen molar-refractivity contribution in [2.75, 3.05) is 6.61 Å². The fraction of sp³-hybridized carbons (Fsp3) is 0.417. The van der Waals surface area contributed by atoms with Gasteiger partial charge in [-0.05, 0) is 5.56 Å². The maximum atomic E-state index is 5.51. The number of rotatable bonds is 5. The Kier molecular flexibility index (Phi) is 13.0. The van der Waals surface area contributed by atoms with Gasteiger partial charge in [-0.2, -0.15) is 20.3 Å². The minimum Gasteiger partial charge on any atom is -1.00 e. The zero-order valence-corrected chi connectivity index (χ0v) is 12.5. The van der Waals surface area contributed by atoms with Crippen molar-refractivity contribution >= 4 is 23.1 Å². The van der Waals surface area contributed by atoms with Crippen LogP contribution in [0.3, 0.4) is 0 Å². The van der Waals surface area contributed by atoms with Crippen LogP contribution in [0.25, 0.3) is 0 Å². The molecular weight excluding hydrogens is 264 g/mol. The first-order valence-corrected chi connectivity index (χ1v) is 4.70. The van der Waals surface area contributed by atoms with E-state index in [4.69, 9.17) is 4.74 Å². The number of hydrogen-bond acceptors (Lipinski definition) is 1. The van der Waals surface area contributed by atoms with E-state index in [1.807, 2.05) is 18.2 Å². The Balaban J connectivity index is 0. The van der Waals surface area contributed by atoms with Crippen molar-refractivity contribution < 1.29 is 21.7 Å². The van der Waals surface area contributed by atoms with Crippen molar-refractivity contribution in [2.45, 2.75) is 26.9 Å². The van der Waals surface area contributed by atoms with Gasteiger partial charge in [0, 0.05) is 6.61 Å². The third-order valence-corrected chi connectivity index (χ3v) is 1.86. The summed E-state index contributed by atoms with van der Waals surface area (Å²) in [6.07, 6.45) is 1.06. The summed E-state index contributed by atoms with van der Waals surface area (Å²) >= 11 is 0. The third kappa shape index (κ3) is 9.36. The third-order valence-electron chi connectivity index (χ3n) is 1.86. The van der Waals surface area contributed by atoms with Crippen LogP contribution in [0.2, 0.25) is 0 Å². The van der Waals surface area contributed by atoms with Crippen LogP contribution in [0.1, 0.15) is 25.8 Å². The van der Waals surface area contributed by atoms with E-state index in [9.17, 15) is 0 Å². The monoisotopic (exact) mass is 280 g/mol. The number of ether oxygens (including phenoxy) is 1. The zero-order chi connectivity index (χ0) is 9.52.